The highest BCUT2D eigenvalue weighted by molar-refractivity contribution is 6.35. The van der Waals surface area contributed by atoms with E-state index in [1.807, 2.05) is 6.92 Å². The van der Waals surface area contributed by atoms with Gasteiger partial charge in [-0.05, 0) is 24.6 Å². The minimum absolute atomic E-state index is 0.201. The van der Waals surface area contributed by atoms with Gasteiger partial charge in [0, 0.05) is 26.2 Å². The molecular weight excluding hydrogens is 260 g/mol. The average Bonchev–Trinajstić information content (AvgIpc) is 2.45. The number of amides is 2. The molecule has 0 aromatic heterocycles. The Morgan fingerprint density at radius 1 is 1.10 bits per heavy atom. The molecule has 0 atom stereocenters. The number of benzene rings is 1. The van der Waals surface area contributed by atoms with Crippen molar-refractivity contribution in [2.24, 2.45) is 0 Å². The second-order valence-corrected chi connectivity index (χ2v) is 4.61. The molecule has 6 nitrogen and oxygen atoms in total. The lowest BCUT2D eigenvalue weighted by Crippen LogP contribution is -2.53. The number of carbonyl (C=O) groups excluding carboxylic acids is 2. The van der Waals surface area contributed by atoms with Crippen LogP contribution in [0.1, 0.15) is 22.8 Å². The third-order valence-electron chi connectivity index (χ3n) is 3.35. The van der Waals surface area contributed by atoms with Gasteiger partial charge in [0.1, 0.15) is 0 Å². The van der Waals surface area contributed by atoms with Gasteiger partial charge >= 0.3 is 17.8 Å². The number of hydrogen-bond donors (Lipinski definition) is 1. The Hall–Kier alpha value is -2.37. The Morgan fingerprint density at radius 3 is 2.20 bits per heavy atom. The highest BCUT2D eigenvalue weighted by Crippen LogP contribution is 2.11. The molecule has 1 saturated heterocycles. The molecule has 106 valence electrons. The van der Waals surface area contributed by atoms with Crippen LogP contribution < -0.4 is 0 Å². The zero-order valence-electron chi connectivity index (χ0n) is 11.2. The molecule has 1 N–H and O–H groups in total. The van der Waals surface area contributed by atoms with Crippen LogP contribution in [0.3, 0.4) is 0 Å². The van der Waals surface area contributed by atoms with Gasteiger partial charge in [-0.1, -0.05) is 12.1 Å². The molecule has 20 heavy (non-hydrogen) atoms. The first-order valence-electron chi connectivity index (χ1n) is 6.43. The third-order valence-corrected chi connectivity index (χ3v) is 3.35. The predicted octanol–water partition coefficient (Wildman–Crippen LogP) is 0.575. The molecule has 2 rings (SSSR count). The van der Waals surface area contributed by atoms with Gasteiger partial charge in [-0.3, -0.25) is 9.59 Å². The predicted molar refractivity (Wildman–Crippen MR) is 71.1 cm³/mol. The minimum Gasteiger partial charge on any atom is -0.478 e. The standard InChI is InChI=1S/C14H16N2O4/c1-2-15-7-8-16(13(18)12(15)17)9-10-3-5-11(6-4-10)14(19)20/h3-6H,2,7-9H2,1H3,(H,19,20). The van der Waals surface area contributed by atoms with Crippen molar-refractivity contribution in [2.75, 3.05) is 19.6 Å². The normalized spacial score (nSPS) is 15.7. The lowest BCUT2D eigenvalue weighted by molar-refractivity contribution is -0.156. The number of rotatable bonds is 4. The summed E-state index contributed by atoms with van der Waals surface area (Å²) in [5, 5.41) is 8.82. The van der Waals surface area contributed by atoms with E-state index in [2.05, 4.69) is 0 Å². The Kier molecular flexibility index (Phi) is 4.02. The monoisotopic (exact) mass is 276 g/mol. The second kappa shape index (κ2) is 5.73. The van der Waals surface area contributed by atoms with Gasteiger partial charge in [-0.2, -0.15) is 0 Å². The maximum atomic E-state index is 11.9. The summed E-state index contributed by atoms with van der Waals surface area (Å²) in [5.41, 5.74) is 1.01. The van der Waals surface area contributed by atoms with Gasteiger partial charge in [-0.25, -0.2) is 4.79 Å². The van der Waals surface area contributed by atoms with Crippen LogP contribution in [0.5, 0.6) is 0 Å². The highest BCUT2D eigenvalue weighted by atomic mass is 16.4. The third kappa shape index (κ3) is 2.79. The van der Waals surface area contributed by atoms with E-state index in [-0.39, 0.29) is 5.56 Å². The van der Waals surface area contributed by atoms with Crippen LogP contribution in [0.15, 0.2) is 24.3 Å². The Balaban J connectivity index is 2.05. The fraction of sp³-hybridized carbons (Fsp3) is 0.357. The molecule has 6 heteroatoms. The SMILES string of the molecule is CCN1CCN(Cc2ccc(C(=O)O)cc2)C(=O)C1=O. The van der Waals surface area contributed by atoms with Crippen molar-refractivity contribution in [3.05, 3.63) is 35.4 Å². The number of carboxylic acids is 1. The fourth-order valence-electron chi connectivity index (χ4n) is 2.14. The number of hydrogen-bond acceptors (Lipinski definition) is 3. The van der Waals surface area contributed by atoms with E-state index in [1.54, 1.807) is 12.1 Å². The lowest BCUT2D eigenvalue weighted by atomic mass is 10.1. The number of likely N-dealkylation sites (N-methyl/N-ethyl adjacent to an activating group) is 1. The molecule has 1 aromatic carbocycles. The summed E-state index contributed by atoms with van der Waals surface area (Å²) >= 11 is 0. The average molecular weight is 276 g/mol. The zero-order valence-corrected chi connectivity index (χ0v) is 11.2. The Labute approximate surface area is 116 Å². The smallest absolute Gasteiger partial charge is 0.335 e. The topological polar surface area (TPSA) is 77.9 Å². The zero-order chi connectivity index (χ0) is 14.7. The summed E-state index contributed by atoms with van der Waals surface area (Å²) in [6.45, 7) is 3.73. The molecule has 0 spiro atoms. The van der Waals surface area contributed by atoms with Crippen LogP contribution in [0.2, 0.25) is 0 Å². The molecule has 2 amide bonds. The molecule has 0 aliphatic carbocycles. The molecule has 1 aromatic rings. The largest absolute Gasteiger partial charge is 0.478 e. The van der Waals surface area contributed by atoms with Crippen LogP contribution in [0, 0.1) is 0 Å². The summed E-state index contributed by atoms with van der Waals surface area (Å²) in [4.78, 5) is 37.4. The van der Waals surface area contributed by atoms with E-state index in [9.17, 15) is 14.4 Å². The van der Waals surface area contributed by atoms with E-state index >= 15 is 0 Å². The summed E-state index contributed by atoms with van der Waals surface area (Å²) in [7, 11) is 0. The molecule has 0 bridgehead atoms. The van der Waals surface area contributed by atoms with E-state index in [4.69, 9.17) is 5.11 Å². The van der Waals surface area contributed by atoms with Gasteiger partial charge in [0.2, 0.25) is 0 Å². The van der Waals surface area contributed by atoms with Crippen LogP contribution in [0.25, 0.3) is 0 Å². The summed E-state index contributed by atoms with van der Waals surface area (Å²) in [6.07, 6.45) is 0. The quantitative estimate of drug-likeness (QED) is 0.816. The van der Waals surface area contributed by atoms with Crippen LogP contribution in [-0.4, -0.2) is 52.3 Å². The van der Waals surface area contributed by atoms with Crippen molar-refractivity contribution in [1.29, 1.82) is 0 Å². The first-order valence-corrected chi connectivity index (χ1v) is 6.43. The van der Waals surface area contributed by atoms with E-state index in [1.165, 1.54) is 21.9 Å². The van der Waals surface area contributed by atoms with Crippen molar-refractivity contribution >= 4 is 17.8 Å². The molecule has 1 aliphatic rings. The van der Waals surface area contributed by atoms with Gasteiger partial charge in [0.15, 0.2) is 0 Å². The minimum atomic E-state index is -0.987. The Morgan fingerprint density at radius 2 is 1.65 bits per heavy atom. The lowest BCUT2D eigenvalue weighted by Gasteiger charge is -2.33. The van der Waals surface area contributed by atoms with Crippen LogP contribution in [0.4, 0.5) is 0 Å². The van der Waals surface area contributed by atoms with Gasteiger partial charge in [-0.15, -0.1) is 0 Å². The maximum Gasteiger partial charge on any atom is 0.335 e. The maximum absolute atomic E-state index is 11.9. The summed E-state index contributed by atoms with van der Waals surface area (Å²) in [6, 6.07) is 6.30. The molecule has 1 heterocycles. The van der Waals surface area contributed by atoms with Crippen molar-refractivity contribution in [1.82, 2.24) is 9.80 Å². The van der Waals surface area contributed by atoms with E-state index < -0.39 is 17.8 Å². The Bertz CT molecular complexity index is 539. The first-order chi connectivity index (χ1) is 9.52. The molecular formula is C14H16N2O4. The van der Waals surface area contributed by atoms with Crippen molar-refractivity contribution in [3.63, 3.8) is 0 Å². The molecule has 1 fully saturated rings. The summed E-state index contributed by atoms with van der Waals surface area (Å²) in [5.74, 6) is -1.96. The fourth-order valence-corrected chi connectivity index (χ4v) is 2.14. The van der Waals surface area contributed by atoms with Crippen LogP contribution in [-0.2, 0) is 16.1 Å². The van der Waals surface area contributed by atoms with Crippen molar-refractivity contribution in [3.8, 4) is 0 Å². The number of carboxylic acid groups (broad SMARTS) is 1. The van der Waals surface area contributed by atoms with Gasteiger partial charge < -0.3 is 14.9 Å². The summed E-state index contributed by atoms with van der Waals surface area (Å²) < 4.78 is 0. The van der Waals surface area contributed by atoms with E-state index in [0.29, 0.717) is 26.2 Å². The molecule has 0 unspecified atom stereocenters. The number of aromatic carboxylic acids is 1. The number of carbonyl (C=O) groups is 3. The van der Waals surface area contributed by atoms with Gasteiger partial charge in [0.25, 0.3) is 0 Å². The van der Waals surface area contributed by atoms with Crippen molar-refractivity contribution in [2.45, 2.75) is 13.5 Å². The molecule has 0 saturated carbocycles. The van der Waals surface area contributed by atoms with Crippen molar-refractivity contribution < 1.29 is 19.5 Å². The number of nitrogens with zero attached hydrogens (tertiary/aromatic N) is 2. The van der Waals surface area contributed by atoms with Gasteiger partial charge in [0.05, 0.1) is 5.56 Å². The molecule has 0 radical (unpaired) electrons. The highest BCUT2D eigenvalue weighted by Gasteiger charge is 2.31. The number of piperazine rings is 1. The molecule has 1 aliphatic heterocycles. The second-order valence-electron chi connectivity index (χ2n) is 4.61. The van der Waals surface area contributed by atoms with E-state index in [0.717, 1.165) is 5.56 Å². The first kappa shape index (κ1) is 14.0. The van der Waals surface area contributed by atoms with Crippen LogP contribution >= 0.6 is 0 Å².